The summed E-state index contributed by atoms with van der Waals surface area (Å²) in [6, 6.07) is 9.49. The number of carbonyl (C=O) groups is 1. The van der Waals surface area contributed by atoms with Crippen LogP contribution in [-0.4, -0.2) is 41.7 Å². The van der Waals surface area contributed by atoms with Gasteiger partial charge in [-0.05, 0) is 43.7 Å². The fourth-order valence-corrected chi connectivity index (χ4v) is 3.51. The van der Waals surface area contributed by atoms with Gasteiger partial charge in [0.2, 0.25) is 5.95 Å². The summed E-state index contributed by atoms with van der Waals surface area (Å²) in [5.41, 5.74) is 5.43. The van der Waals surface area contributed by atoms with Gasteiger partial charge in [-0.1, -0.05) is 6.07 Å². The van der Waals surface area contributed by atoms with E-state index in [2.05, 4.69) is 25.1 Å². The Hall–Kier alpha value is -3.68. The highest BCUT2D eigenvalue weighted by Crippen LogP contribution is 2.31. The molecule has 0 bridgehead atoms. The molecule has 0 radical (unpaired) electrons. The monoisotopic (exact) mass is 404 g/mol. The van der Waals surface area contributed by atoms with Crippen molar-refractivity contribution >= 4 is 29.1 Å². The molecule has 3 heterocycles. The van der Waals surface area contributed by atoms with Crippen LogP contribution in [0, 0.1) is 13.8 Å². The summed E-state index contributed by atoms with van der Waals surface area (Å²) in [4.78, 5) is 29.7. The Labute approximate surface area is 175 Å². The molecule has 0 aliphatic carbocycles. The van der Waals surface area contributed by atoms with Crippen molar-refractivity contribution < 1.29 is 9.53 Å². The summed E-state index contributed by atoms with van der Waals surface area (Å²) in [6.45, 7) is 5.27. The van der Waals surface area contributed by atoms with E-state index in [4.69, 9.17) is 9.72 Å². The second-order valence-electron chi connectivity index (χ2n) is 7.39. The molecule has 1 aromatic carbocycles. The summed E-state index contributed by atoms with van der Waals surface area (Å²) in [6.07, 6.45) is 3.61. The van der Waals surface area contributed by atoms with Gasteiger partial charge in [-0.15, -0.1) is 0 Å². The van der Waals surface area contributed by atoms with Crippen molar-refractivity contribution in [2.24, 2.45) is 0 Å². The molecule has 0 saturated heterocycles. The molecule has 8 nitrogen and oxygen atoms in total. The van der Waals surface area contributed by atoms with E-state index in [9.17, 15) is 4.79 Å². The Kier molecular flexibility index (Phi) is 5.22. The highest BCUT2D eigenvalue weighted by atomic mass is 16.5. The van der Waals surface area contributed by atoms with E-state index in [0.717, 1.165) is 34.0 Å². The highest BCUT2D eigenvalue weighted by molar-refractivity contribution is 5.91. The van der Waals surface area contributed by atoms with Gasteiger partial charge in [-0.25, -0.2) is 9.78 Å². The summed E-state index contributed by atoms with van der Waals surface area (Å²) in [7, 11) is 3.39. The van der Waals surface area contributed by atoms with Gasteiger partial charge in [0.1, 0.15) is 5.82 Å². The predicted molar refractivity (Wildman–Crippen MR) is 116 cm³/mol. The quantitative estimate of drug-likeness (QED) is 0.662. The van der Waals surface area contributed by atoms with Crippen molar-refractivity contribution in [3.63, 3.8) is 0 Å². The van der Waals surface area contributed by atoms with Crippen LogP contribution in [0.1, 0.15) is 27.2 Å². The first-order valence-electron chi connectivity index (χ1n) is 9.65. The average molecular weight is 404 g/mol. The van der Waals surface area contributed by atoms with Gasteiger partial charge in [0, 0.05) is 36.7 Å². The van der Waals surface area contributed by atoms with Crippen molar-refractivity contribution in [1.29, 1.82) is 0 Å². The largest absolute Gasteiger partial charge is 0.465 e. The summed E-state index contributed by atoms with van der Waals surface area (Å²) < 4.78 is 4.87. The molecule has 0 amide bonds. The maximum absolute atomic E-state index is 11.9. The molecular formula is C22H24N6O2. The van der Waals surface area contributed by atoms with Crippen LogP contribution in [0.4, 0.5) is 23.1 Å². The third-order valence-electron chi connectivity index (χ3n) is 5.09. The lowest BCUT2D eigenvalue weighted by Crippen LogP contribution is -2.41. The molecule has 3 aromatic rings. The van der Waals surface area contributed by atoms with Crippen LogP contribution in [0.2, 0.25) is 0 Å². The second-order valence-corrected chi connectivity index (χ2v) is 7.39. The van der Waals surface area contributed by atoms with Gasteiger partial charge in [-0.3, -0.25) is 4.98 Å². The number of aromatic nitrogens is 3. The number of esters is 1. The number of nitrogens with zero attached hydrogens (tertiary/aromatic N) is 5. The van der Waals surface area contributed by atoms with Crippen molar-refractivity contribution in [3.05, 3.63) is 65.1 Å². The maximum atomic E-state index is 11.9. The van der Waals surface area contributed by atoms with E-state index in [1.807, 2.05) is 51.4 Å². The average Bonchev–Trinajstić information content (AvgIpc) is 2.75. The van der Waals surface area contributed by atoms with Crippen molar-refractivity contribution in [3.8, 4) is 0 Å². The number of rotatable bonds is 4. The topological polar surface area (TPSA) is 83.5 Å². The molecule has 1 aliphatic rings. The number of hydrogen-bond donors (Lipinski definition) is 1. The molecule has 0 atom stereocenters. The lowest BCUT2D eigenvalue weighted by Gasteiger charge is -2.37. The molecule has 2 aromatic heterocycles. The Bertz CT molecular complexity index is 1080. The molecule has 0 unspecified atom stereocenters. The minimum Gasteiger partial charge on any atom is -0.465 e. The van der Waals surface area contributed by atoms with Crippen LogP contribution in [-0.2, 0) is 11.3 Å². The fourth-order valence-electron chi connectivity index (χ4n) is 3.51. The van der Waals surface area contributed by atoms with Gasteiger partial charge in [0.05, 0.1) is 31.2 Å². The molecule has 0 spiro atoms. The number of hydrogen-bond acceptors (Lipinski definition) is 8. The van der Waals surface area contributed by atoms with E-state index in [-0.39, 0.29) is 5.97 Å². The first kappa shape index (κ1) is 19.6. The number of pyridine rings is 1. The van der Waals surface area contributed by atoms with Crippen LogP contribution in [0.3, 0.4) is 0 Å². The minimum atomic E-state index is -0.341. The van der Waals surface area contributed by atoms with E-state index in [1.165, 1.54) is 7.11 Å². The number of methoxy groups -OCH3 is 1. The first-order chi connectivity index (χ1) is 14.4. The number of carbonyl (C=O) groups excluding carboxylic acids is 1. The Morgan fingerprint density at radius 1 is 1.13 bits per heavy atom. The first-order valence-corrected chi connectivity index (χ1v) is 9.65. The Morgan fingerprint density at radius 2 is 1.97 bits per heavy atom. The van der Waals surface area contributed by atoms with Crippen LogP contribution < -0.4 is 15.1 Å². The number of benzene rings is 1. The fraction of sp³-hybridized carbons (Fsp3) is 0.273. The molecule has 30 heavy (non-hydrogen) atoms. The van der Waals surface area contributed by atoms with E-state index >= 15 is 0 Å². The van der Waals surface area contributed by atoms with Crippen LogP contribution >= 0.6 is 0 Å². The lowest BCUT2D eigenvalue weighted by atomic mass is 10.1. The number of ether oxygens (including phenoxy) is 1. The molecular weight excluding hydrogens is 380 g/mol. The predicted octanol–water partition coefficient (Wildman–Crippen LogP) is 3.43. The molecule has 154 valence electrons. The minimum absolute atomic E-state index is 0.341. The van der Waals surface area contributed by atoms with Gasteiger partial charge in [0.15, 0.2) is 0 Å². The summed E-state index contributed by atoms with van der Waals surface area (Å²) in [5.74, 6) is 1.07. The molecule has 0 fully saturated rings. The van der Waals surface area contributed by atoms with E-state index in [1.54, 1.807) is 12.3 Å². The molecule has 4 rings (SSSR count). The molecule has 1 aliphatic heterocycles. The van der Waals surface area contributed by atoms with Crippen molar-refractivity contribution in [2.45, 2.75) is 20.4 Å². The van der Waals surface area contributed by atoms with Crippen LogP contribution in [0.25, 0.3) is 0 Å². The summed E-state index contributed by atoms with van der Waals surface area (Å²) >= 11 is 0. The Morgan fingerprint density at radius 3 is 2.70 bits per heavy atom. The number of anilines is 4. The van der Waals surface area contributed by atoms with Gasteiger partial charge in [-0.2, -0.15) is 4.98 Å². The van der Waals surface area contributed by atoms with Crippen LogP contribution in [0.5, 0.6) is 0 Å². The maximum Gasteiger partial charge on any atom is 0.337 e. The van der Waals surface area contributed by atoms with Crippen molar-refractivity contribution in [1.82, 2.24) is 15.0 Å². The lowest BCUT2D eigenvalue weighted by molar-refractivity contribution is 0.0601. The SMILES string of the molecule is COC(=O)c1ccc(C)c(N2Cc3cnc(Nc4ccc(C)nc4)nc3N(C)C2)c1. The zero-order valence-electron chi connectivity index (χ0n) is 17.5. The molecule has 1 N–H and O–H groups in total. The zero-order valence-corrected chi connectivity index (χ0v) is 17.5. The number of nitrogens with one attached hydrogen (secondary N) is 1. The second kappa shape index (κ2) is 7.98. The van der Waals surface area contributed by atoms with E-state index < -0.39 is 0 Å². The molecule has 0 saturated carbocycles. The van der Waals surface area contributed by atoms with Crippen LogP contribution in [0.15, 0.2) is 42.7 Å². The van der Waals surface area contributed by atoms with Gasteiger partial charge >= 0.3 is 5.97 Å². The van der Waals surface area contributed by atoms with Gasteiger partial charge < -0.3 is 19.9 Å². The third-order valence-corrected chi connectivity index (χ3v) is 5.09. The number of aryl methyl sites for hydroxylation is 2. The van der Waals surface area contributed by atoms with Gasteiger partial charge in [0.25, 0.3) is 0 Å². The highest BCUT2D eigenvalue weighted by Gasteiger charge is 2.24. The zero-order chi connectivity index (χ0) is 21.3. The van der Waals surface area contributed by atoms with E-state index in [0.29, 0.717) is 24.7 Å². The smallest absolute Gasteiger partial charge is 0.337 e. The number of fused-ring (bicyclic) bond motifs is 1. The van der Waals surface area contributed by atoms with Crippen molar-refractivity contribution in [2.75, 3.05) is 35.9 Å². The standard InChI is InChI=1S/C22H24N6O2/c1-14-5-7-16(21(29)30-4)9-19(14)28-12-17-10-24-22(26-20(17)27(3)13-28)25-18-8-6-15(2)23-11-18/h5-11H,12-13H2,1-4H3,(H,24,25,26). The molecule has 8 heteroatoms. The Balaban J connectivity index is 1.59. The summed E-state index contributed by atoms with van der Waals surface area (Å²) in [5, 5.41) is 3.20. The third kappa shape index (κ3) is 3.89. The normalized spacial score (nSPS) is 13.1.